The Morgan fingerprint density at radius 2 is 2.33 bits per heavy atom. The lowest BCUT2D eigenvalue weighted by atomic mass is 10.1. The highest BCUT2D eigenvalue weighted by Crippen LogP contribution is 2.34. The first-order valence-corrected chi connectivity index (χ1v) is 8.46. The van der Waals surface area contributed by atoms with Crippen molar-refractivity contribution in [1.82, 2.24) is 5.32 Å². The van der Waals surface area contributed by atoms with Gasteiger partial charge in [-0.15, -0.1) is 11.3 Å². The lowest BCUT2D eigenvalue weighted by Crippen LogP contribution is -2.34. The standard InChI is InChI=1S/C17H23NO2S/c1-3-14(11-13-7-8-13)18-17(20)16-10-12(2)15(21-16)6-4-5-9-19/h10,13-14,19H,3,5,7-9,11H2,1-2H3,(H,18,20). The van der Waals surface area contributed by atoms with E-state index >= 15 is 0 Å². The van der Waals surface area contributed by atoms with Crippen molar-refractivity contribution in [3.8, 4) is 11.8 Å². The van der Waals surface area contributed by atoms with E-state index < -0.39 is 0 Å². The van der Waals surface area contributed by atoms with E-state index in [-0.39, 0.29) is 18.6 Å². The Kier molecular flexibility index (Phi) is 5.84. The van der Waals surface area contributed by atoms with Crippen LogP contribution in [-0.2, 0) is 0 Å². The molecule has 1 heterocycles. The molecule has 1 aromatic heterocycles. The Hall–Kier alpha value is -1.31. The number of carbonyl (C=O) groups excluding carboxylic acids is 1. The zero-order valence-electron chi connectivity index (χ0n) is 12.7. The van der Waals surface area contributed by atoms with Gasteiger partial charge in [-0.25, -0.2) is 0 Å². The molecule has 0 aromatic carbocycles. The van der Waals surface area contributed by atoms with Gasteiger partial charge in [-0.05, 0) is 37.3 Å². The fourth-order valence-corrected chi connectivity index (χ4v) is 3.21. The third-order valence-electron chi connectivity index (χ3n) is 3.72. The number of thiophene rings is 1. The van der Waals surface area contributed by atoms with Crippen molar-refractivity contribution in [3.05, 3.63) is 21.4 Å². The van der Waals surface area contributed by atoms with E-state index in [2.05, 4.69) is 24.1 Å². The molecule has 21 heavy (non-hydrogen) atoms. The molecule has 1 fully saturated rings. The quantitative estimate of drug-likeness (QED) is 0.793. The summed E-state index contributed by atoms with van der Waals surface area (Å²) < 4.78 is 0. The van der Waals surface area contributed by atoms with Gasteiger partial charge in [0.25, 0.3) is 5.91 Å². The van der Waals surface area contributed by atoms with Gasteiger partial charge in [0.1, 0.15) is 0 Å². The molecule has 1 unspecified atom stereocenters. The van der Waals surface area contributed by atoms with E-state index in [0.717, 1.165) is 34.1 Å². The molecule has 1 aliphatic rings. The summed E-state index contributed by atoms with van der Waals surface area (Å²) in [5.41, 5.74) is 1.03. The van der Waals surface area contributed by atoms with Gasteiger partial charge < -0.3 is 10.4 Å². The summed E-state index contributed by atoms with van der Waals surface area (Å²) in [5.74, 6) is 6.78. The lowest BCUT2D eigenvalue weighted by Gasteiger charge is -2.15. The highest BCUT2D eigenvalue weighted by atomic mass is 32.1. The molecule has 114 valence electrons. The third-order valence-corrected chi connectivity index (χ3v) is 4.87. The van der Waals surface area contributed by atoms with Crippen molar-refractivity contribution in [2.24, 2.45) is 5.92 Å². The predicted molar refractivity (Wildman–Crippen MR) is 86.5 cm³/mol. The number of hydrogen-bond acceptors (Lipinski definition) is 3. The highest BCUT2D eigenvalue weighted by Gasteiger charge is 2.26. The normalized spacial score (nSPS) is 15.2. The molecule has 1 aliphatic carbocycles. The second-order valence-corrected chi connectivity index (χ2v) is 6.71. The number of amides is 1. The molecule has 0 bridgehead atoms. The van der Waals surface area contributed by atoms with Crippen molar-refractivity contribution in [2.75, 3.05) is 6.61 Å². The maximum absolute atomic E-state index is 12.3. The van der Waals surface area contributed by atoms with Crippen LogP contribution in [0, 0.1) is 24.7 Å². The van der Waals surface area contributed by atoms with E-state index in [1.807, 2.05) is 13.0 Å². The van der Waals surface area contributed by atoms with E-state index in [4.69, 9.17) is 5.11 Å². The molecule has 1 aromatic rings. The average molecular weight is 305 g/mol. The first kappa shape index (κ1) is 16.1. The van der Waals surface area contributed by atoms with Gasteiger partial charge >= 0.3 is 0 Å². The number of aliphatic hydroxyl groups is 1. The van der Waals surface area contributed by atoms with Crippen LogP contribution in [0.1, 0.15) is 59.1 Å². The van der Waals surface area contributed by atoms with E-state index in [9.17, 15) is 4.79 Å². The van der Waals surface area contributed by atoms with Crippen LogP contribution in [0.15, 0.2) is 6.07 Å². The number of carbonyl (C=O) groups is 1. The largest absolute Gasteiger partial charge is 0.395 e. The van der Waals surface area contributed by atoms with Crippen LogP contribution in [-0.4, -0.2) is 23.7 Å². The lowest BCUT2D eigenvalue weighted by molar-refractivity contribution is 0.0936. The van der Waals surface area contributed by atoms with Crippen molar-refractivity contribution in [2.45, 2.75) is 52.0 Å². The van der Waals surface area contributed by atoms with Crippen molar-refractivity contribution in [1.29, 1.82) is 0 Å². The topological polar surface area (TPSA) is 49.3 Å². The summed E-state index contributed by atoms with van der Waals surface area (Å²) in [6.07, 6.45) is 5.19. The molecule has 0 saturated heterocycles. The summed E-state index contributed by atoms with van der Waals surface area (Å²) >= 11 is 1.44. The van der Waals surface area contributed by atoms with E-state index in [0.29, 0.717) is 6.42 Å². The maximum Gasteiger partial charge on any atom is 0.261 e. The average Bonchev–Trinajstić information content (AvgIpc) is 3.21. The van der Waals surface area contributed by atoms with Crippen molar-refractivity contribution in [3.63, 3.8) is 0 Å². The second-order valence-electron chi connectivity index (χ2n) is 5.66. The minimum atomic E-state index is 0.0193. The van der Waals surface area contributed by atoms with Crippen LogP contribution < -0.4 is 5.32 Å². The molecule has 4 heteroatoms. The summed E-state index contributed by atoms with van der Waals surface area (Å²) in [5, 5.41) is 11.9. The van der Waals surface area contributed by atoms with Gasteiger partial charge in [-0.3, -0.25) is 4.79 Å². The first-order valence-electron chi connectivity index (χ1n) is 7.65. The zero-order chi connectivity index (χ0) is 15.2. The minimum absolute atomic E-state index is 0.0193. The van der Waals surface area contributed by atoms with Gasteiger partial charge in [0.2, 0.25) is 0 Å². The summed E-state index contributed by atoms with van der Waals surface area (Å²) in [6.45, 7) is 4.17. The summed E-state index contributed by atoms with van der Waals surface area (Å²) in [4.78, 5) is 14.0. The predicted octanol–water partition coefficient (Wildman–Crippen LogP) is 3.10. The van der Waals surface area contributed by atoms with Crippen molar-refractivity contribution < 1.29 is 9.90 Å². The van der Waals surface area contributed by atoms with Crippen LogP contribution >= 0.6 is 11.3 Å². The molecule has 1 atom stereocenters. The van der Waals surface area contributed by atoms with Crippen LogP contribution in [0.3, 0.4) is 0 Å². The Labute approximate surface area is 130 Å². The van der Waals surface area contributed by atoms with E-state index in [1.54, 1.807) is 0 Å². The SMILES string of the molecule is CCC(CC1CC1)NC(=O)c1cc(C)c(C#CCCO)s1. The first-order chi connectivity index (χ1) is 10.1. The number of aryl methyl sites for hydroxylation is 1. The summed E-state index contributed by atoms with van der Waals surface area (Å²) in [7, 11) is 0. The second kappa shape index (κ2) is 7.63. The maximum atomic E-state index is 12.3. The number of aliphatic hydroxyl groups excluding tert-OH is 1. The van der Waals surface area contributed by atoms with Gasteiger partial charge in [0.15, 0.2) is 0 Å². The molecule has 1 saturated carbocycles. The fourth-order valence-electron chi connectivity index (χ4n) is 2.26. The third kappa shape index (κ3) is 4.87. The van der Waals surface area contributed by atoms with Crippen LogP contribution in [0.4, 0.5) is 0 Å². The molecule has 0 radical (unpaired) electrons. The Bertz CT molecular complexity index is 549. The van der Waals surface area contributed by atoms with Crippen LogP contribution in [0.5, 0.6) is 0 Å². The molecular formula is C17H23NO2S. The molecule has 1 amide bonds. The van der Waals surface area contributed by atoms with Gasteiger partial charge in [0.05, 0.1) is 16.4 Å². The Balaban J connectivity index is 1.98. The van der Waals surface area contributed by atoms with Gasteiger partial charge in [0, 0.05) is 12.5 Å². The zero-order valence-corrected chi connectivity index (χ0v) is 13.6. The van der Waals surface area contributed by atoms with E-state index in [1.165, 1.54) is 24.2 Å². The number of hydrogen-bond donors (Lipinski definition) is 2. The minimum Gasteiger partial charge on any atom is -0.395 e. The molecule has 0 aliphatic heterocycles. The fraction of sp³-hybridized carbons (Fsp3) is 0.588. The highest BCUT2D eigenvalue weighted by molar-refractivity contribution is 7.14. The van der Waals surface area contributed by atoms with Crippen molar-refractivity contribution >= 4 is 17.2 Å². The number of nitrogens with one attached hydrogen (secondary N) is 1. The van der Waals surface area contributed by atoms with Crippen LogP contribution in [0.25, 0.3) is 0 Å². The molecule has 0 spiro atoms. The monoisotopic (exact) mass is 305 g/mol. The van der Waals surface area contributed by atoms with Gasteiger partial charge in [-0.1, -0.05) is 31.6 Å². The van der Waals surface area contributed by atoms with Gasteiger partial charge in [-0.2, -0.15) is 0 Å². The Morgan fingerprint density at radius 3 is 2.95 bits per heavy atom. The molecule has 2 N–H and O–H groups in total. The van der Waals surface area contributed by atoms with Crippen LogP contribution in [0.2, 0.25) is 0 Å². The Morgan fingerprint density at radius 1 is 1.57 bits per heavy atom. The molecular weight excluding hydrogens is 282 g/mol. The molecule has 2 rings (SSSR count). The smallest absolute Gasteiger partial charge is 0.261 e. The summed E-state index contributed by atoms with van der Waals surface area (Å²) in [6, 6.07) is 2.20. The molecule has 3 nitrogen and oxygen atoms in total. The number of rotatable bonds is 6.